The lowest BCUT2D eigenvalue weighted by molar-refractivity contribution is 0.303. The van der Waals surface area contributed by atoms with E-state index in [1.807, 2.05) is 39.3 Å². The highest BCUT2D eigenvalue weighted by atomic mass is 35.8. The van der Waals surface area contributed by atoms with Crippen molar-refractivity contribution in [2.45, 2.75) is 58.9 Å². The van der Waals surface area contributed by atoms with Crippen LogP contribution in [0.4, 0.5) is 0 Å². The van der Waals surface area contributed by atoms with Crippen LogP contribution in [0.5, 0.6) is 0 Å². The van der Waals surface area contributed by atoms with Gasteiger partial charge in [0.05, 0.1) is 0 Å². The number of hydrogen-bond donors (Lipinski definition) is 0. The number of halogens is 3. The van der Waals surface area contributed by atoms with Crippen LogP contribution in [0.3, 0.4) is 0 Å². The third-order valence-corrected chi connectivity index (χ3v) is 19.2. The van der Waals surface area contributed by atoms with Crippen molar-refractivity contribution in [3.05, 3.63) is 0 Å². The zero-order valence-corrected chi connectivity index (χ0v) is 21.5. The predicted octanol–water partition coefficient (Wildman–Crippen LogP) is 5.15. The molecule has 4 nitrogen and oxygen atoms in total. The van der Waals surface area contributed by atoms with E-state index in [1.54, 1.807) is 0 Å². The van der Waals surface area contributed by atoms with Crippen molar-refractivity contribution in [2.75, 3.05) is 0 Å². The molecular formula is C9H27Cl3O4Si5. The van der Waals surface area contributed by atoms with Crippen LogP contribution in [-0.4, -0.2) is 40.2 Å². The highest BCUT2D eigenvalue weighted by Gasteiger charge is 2.46. The molecule has 0 spiro atoms. The average Bonchev–Trinajstić information content (AvgIpc) is 1.83. The summed E-state index contributed by atoms with van der Waals surface area (Å²) in [6.07, 6.45) is -3.18. The zero-order chi connectivity index (χ0) is 17.3. The molecule has 0 aromatic heterocycles. The molecule has 0 aliphatic carbocycles. The molecule has 128 valence electrons. The molecule has 0 rings (SSSR count). The molecule has 0 amide bonds. The molecule has 0 heterocycles. The molecule has 0 bridgehead atoms. The molecule has 0 aromatic carbocycles. The van der Waals surface area contributed by atoms with Crippen molar-refractivity contribution in [3.8, 4) is 0 Å². The Morgan fingerprint density at radius 3 is 1.05 bits per heavy atom. The first-order valence-electron chi connectivity index (χ1n) is 6.70. The van der Waals surface area contributed by atoms with Gasteiger partial charge < -0.3 is 16.5 Å². The van der Waals surface area contributed by atoms with Crippen LogP contribution in [0.25, 0.3) is 0 Å². The van der Waals surface area contributed by atoms with Crippen molar-refractivity contribution in [1.29, 1.82) is 0 Å². The maximum Gasteiger partial charge on any atom is 0.485 e. The fourth-order valence-corrected chi connectivity index (χ4v) is 26.5. The van der Waals surface area contributed by atoms with Crippen LogP contribution in [0.15, 0.2) is 0 Å². The predicted molar refractivity (Wildman–Crippen MR) is 103 cm³/mol. The monoisotopic (exact) mass is 444 g/mol. The van der Waals surface area contributed by atoms with Crippen LogP contribution in [0.2, 0.25) is 58.9 Å². The quantitative estimate of drug-likeness (QED) is 0.382. The first-order chi connectivity index (χ1) is 8.83. The molecular weight excluding hydrogens is 419 g/mol. The first-order valence-corrected chi connectivity index (χ1v) is 23.5. The molecule has 0 fully saturated rings. The molecule has 0 radical (unpaired) electrons. The molecule has 12 heteroatoms. The van der Waals surface area contributed by atoms with Crippen molar-refractivity contribution in [1.82, 2.24) is 0 Å². The van der Waals surface area contributed by atoms with Gasteiger partial charge in [0.25, 0.3) is 0 Å². The summed E-state index contributed by atoms with van der Waals surface area (Å²) in [5.74, 6) is 0. The van der Waals surface area contributed by atoms with E-state index < -0.39 is 40.2 Å². The van der Waals surface area contributed by atoms with Crippen LogP contribution in [-0.2, 0) is 16.5 Å². The molecule has 0 atom stereocenters. The fourth-order valence-electron chi connectivity index (χ4n) is 2.26. The topological polar surface area (TPSA) is 36.9 Å². The Morgan fingerprint density at radius 1 is 0.476 bits per heavy atom. The minimum atomic E-state index is -3.18. The van der Waals surface area contributed by atoms with E-state index in [4.69, 9.17) is 49.7 Å². The van der Waals surface area contributed by atoms with Gasteiger partial charge in [-0.25, -0.2) is 0 Å². The summed E-state index contributed by atoms with van der Waals surface area (Å²) in [5.41, 5.74) is 0. The second-order valence-corrected chi connectivity index (χ2v) is 30.5. The first kappa shape index (κ1) is 22.8. The normalized spacial score (nSPS) is 15.4. The van der Waals surface area contributed by atoms with Crippen molar-refractivity contribution in [3.63, 3.8) is 0 Å². The van der Waals surface area contributed by atoms with E-state index in [9.17, 15) is 0 Å². The SMILES string of the molecule is C[Si](C)(C)O[Si](C)(C)O[Si](C)(C)O[Si](C)(C)O[Si](Cl)(Cl)Cl. The van der Waals surface area contributed by atoms with Gasteiger partial charge in [-0.05, 0) is 58.9 Å². The van der Waals surface area contributed by atoms with Crippen molar-refractivity contribution >= 4 is 73.5 Å². The smallest absolute Gasteiger partial charge is 0.437 e. The lowest BCUT2D eigenvalue weighted by Crippen LogP contribution is -2.57. The van der Waals surface area contributed by atoms with Gasteiger partial charge in [0, 0.05) is 0 Å². The largest absolute Gasteiger partial charge is 0.485 e. The van der Waals surface area contributed by atoms with Gasteiger partial charge in [0.15, 0.2) is 8.32 Å². The van der Waals surface area contributed by atoms with E-state index in [1.165, 1.54) is 0 Å². The summed E-state index contributed by atoms with van der Waals surface area (Å²) in [5, 5.41) is 0. The minimum Gasteiger partial charge on any atom is -0.437 e. The lowest BCUT2D eigenvalue weighted by Gasteiger charge is -2.40. The van der Waals surface area contributed by atoms with Crippen LogP contribution in [0, 0.1) is 0 Å². The van der Waals surface area contributed by atoms with Crippen molar-refractivity contribution < 1.29 is 16.5 Å². The van der Waals surface area contributed by atoms with Gasteiger partial charge in [0.1, 0.15) is 0 Å². The lowest BCUT2D eigenvalue weighted by atomic mass is 11.8. The summed E-state index contributed by atoms with van der Waals surface area (Å²) in [7, 11) is -8.90. The fraction of sp³-hybridized carbons (Fsp3) is 1.00. The standard InChI is InChI=1S/C9H27Cl3O4Si5/c1-17(2,3)13-18(4,5)14-19(6,7)15-20(8,9)16-21(10,11)12/h1-9H3. The molecule has 21 heavy (non-hydrogen) atoms. The molecule has 0 unspecified atom stereocenters. The number of rotatable bonds is 8. The van der Waals surface area contributed by atoms with Gasteiger partial charge >= 0.3 is 31.9 Å². The summed E-state index contributed by atoms with van der Waals surface area (Å²) in [4.78, 5) is 0. The van der Waals surface area contributed by atoms with Gasteiger partial charge in [0.2, 0.25) is 0 Å². The Kier molecular flexibility index (Phi) is 7.98. The Labute approximate surface area is 148 Å². The second-order valence-electron chi connectivity index (χ2n) is 7.17. The molecule has 0 aliphatic rings. The maximum absolute atomic E-state index is 6.26. The molecule has 0 aliphatic heterocycles. The van der Waals surface area contributed by atoms with E-state index in [-0.39, 0.29) is 0 Å². The van der Waals surface area contributed by atoms with E-state index in [0.717, 1.165) is 0 Å². The molecule has 0 aromatic rings. The van der Waals surface area contributed by atoms with Gasteiger partial charge in [-0.15, -0.1) is 0 Å². The summed E-state index contributed by atoms with van der Waals surface area (Å²) in [6.45, 7) is 18.2. The average molecular weight is 446 g/mol. The number of hydrogen-bond acceptors (Lipinski definition) is 4. The van der Waals surface area contributed by atoms with Gasteiger partial charge in [-0.1, -0.05) is 33.2 Å². The minimum absolute atomic E-state index is 1.66. The summed E-state index contributed by atoms with van der Waals surface area (Å²) in [6, 6.07) is 0. The van der Waals surface area contributed by atoms with Crippen LogP contribution in [0.1, 0.15) is 0 Å². The van der Waals surface area contributed by atoms with E-state index in [0.29, 0.717) is 0 Å². The van der Waals surface area contributed by atoms with Crippen molar-refractivity contribution in [2.24, 2.45) is 0 Å². The highest BCUT2D eigenvalue weighted by molar-refractivity contribution is 7.62. The summed E-state index contributed by atoms with van der Waals surface area (Å²) >= 11 is 17.5. The van der Waals surface area contributed by atoms with Crippen LogP contribution < -0.4 is 0 Å². The third kappa shape index (κ3) is 12.8. The Morgan fingerprint density at radius 2 is 0.762 bits per heavy atom. The second kappa shape index (κ2) is 7.36. The van der Waals surface area contributed by atoms with Crippen LogP contribution >= 0.6 is 33.2 Å². The molecule has 0 N–H and O–H groups in total. The Hall–Kier alpha value is 1.79. The van der Waals surface area contributed by atoms with Gasteiger partial charge in [-0.2, -0.15) is 0 Å². The Balaban J connectivity index is 4.83. The van der Waals surface area contributed by atoms with E-state index in [2.05, 4.69) is 19.6 Å². The zero-order valence-electron chi connectivity index (χ0n) is 14.3. The van der Waals surface area contributed by atoms with Gasteiger partial charge in [-0.3, -0.25) is 0 Å². The highest BCUT2D eigenvalue weighted by Crippen LogP contribution is 2.29. The molecule has 0 saturated heterocycles. The van der Waals surface area contributed by atoms with E-state index >= 15 is 0 Å². The Bertz CT molecular complexity index is 322. The summed E-state index contributed by atoms with van der Waals surface area (Å²) < 4.78 is 24.2. The maximum atomic E-state index is 6.26. The third-order valence-electron chi connectivity index (χ3n) is 1.90. The molecule has 0 saturated carbocycles.